The molecule has 24 heavy (non-hydrogen) atoms. The van der Waals surface area contributed by atoms with Crippen LogP contribution in [0.4, 0.5) is 11.8 Å². The molecule has 0 radical (unpaired) electrons. The summed E-state index contributed by atoms with van der Waals surface area (Å²) in [6.45, 7) is 2.08. The molecule has 0 aliphatic carbocycles. The Hall–Kier alpha value is -2.14. The lowest BCUT2D eigenvalue weighted by atomic mass is 9.75. The number of nitrogen functional groups attached to an aromatic ring is 1. The minimum atomic E-state index is 0.0455. The zero-order valence-electron chi connectivity index (χ0n) is 14.1. The van der Waals surface area contributed by atoms with Gasteiger partial charge in [0.25, 0.3) is 0 Å². The zero-order chi connectivity index (χ0) is 16.8. The predicted molar refractivity (Wildman–Crippen MR) is 96.8 cm³/mol. The normalized spacial score (nSPS) is 17.0. The number of benzene rings is 1. The molecule has 1 aromatic carbocycles. The first-order valence-corrected chi connectivity index (χ1v) is 8.69. The van der Waals surface area contributed by atoms with E-state index in [4.69, 9.17) is 5.73 Å². The molecule has 3 rings (SSSR count). The van der Waals surface area contributed by atoms with Gasteiger partial charge in [0.15, 0.2) is 0 Å². The lowest BCUT2D eigenvalue weighted by molar-refractivity contribution is 0.0849. The Balaban J connectivity index is 1.54. The predicted octanol–water partition coefficient (Wildman–Crippen LogP) is 2.66. The van der Waals surface area contributed by atoms with Crippen molar-refractivity contribution in [2.45, 2.75) is 32.1 Å². The molecular formula is C19H26N4O. The molecule has 1 aliphatic rings. The van der Waals surface area contributed by atoms with E-state index in [2.05, 4.69) is 39.1 Å². The highest BCUT2D eigenvalue weighted by molar-refractivity contribution is 5.41. The first kappa shape index (κ1) is 16.7. The highest BCUT2D eigenvalue weighted by atomic mass is 16.3. The molecule has 1 fully saturated rings. The summed E-state index contributed by atoms with van der Waals surface area (Å²) in [6.07, 6.45) is 6.94. The first-order chi connectivity index (χ1) is 11.7. The van der Waals surface area contributed by atoms with Crippen LogP contribution in [-0.4, -0.2) is 34.8 Å². The van der Waals surface area contributed by atoms with Crippen LogP contribution in [0, 0.1) is 5.41 Å². The van der Waals surface area contributed by atoms with Crippen LogP contribution in [0.1, 0.15) is 31.2 Å². The van der Waals surface area contributed by atoms with Gasteiger partial charge in [-0.1, -0.05) is 30.3 Å². The molecule has 0 bridgehead atoms. The van der Waals surface area contributed by atoms with Gasteiger partial charge < -0.3 is 15.7 Å². The van der Waals surface area contributed by atoms with Crippen molar-refractivity contribution < 1.29 is 5.11 Å². The first-order valence-electron chi connectivity index (χ1n) is 8.69. The van der Waals surface area contributed by atoms with Crippen molar-refractivity contribution in [1.29, 1.82) is 0 Å². The summed E-state index contributed by atoms with van der Waals surface area (Å²) in [5.74, 6) is 1.20. The number of hydrogen-bond donors (Lipinski definition) is 2. The second-order valence-electron chi connectivity index (χ2n) is 6.76. The van der Waals surface area contributed by atoms with Crippen molar-refractivity contribution in [3.8, 4) is 0 Å². The van der Waals surface area contributed by atoms with Crippen molar-refractivity contribution in [3.63, 3.8) is 0 Å². The number of aliphatic hydroxyl groups excluding tert-OH is 1. The number of aryl methyl sites for hydroxylation is 1. The Labute approximate surface area is 143 Å². The number of nitrogens with zero attached hydrogens (tertiary/aromatic N) is 3. The van der Waals surface area contributed by atoms with Gasteiger partial charge in [0.05, 0.1) is 0 Å². The third-order valence-corrected chi connectivity index (χ3v) is 5.16. The summed E-state index contributed by atoms with van der Waals surface area (Å²) in [7, 11) is 0. The second kappa shape index (κ2) is 7.62. The Bertz CT molecular complexity index is 639. The van der Waals surface area contributed by atoms with Crippen LogP contribution in [0.2, 0.25) is 0 Å². The maximum atomic E-state index is 9.98. The van der Waals surface area contributed by atoms with E-state index in [0.29, 0.717) is 5.95 Å². The number of anilines is 2. The number of rotatable bonds is 6. The summed E-state index contributed by atoms with van der Waals surface area (Å²) < 4.78 is 0. The third kappa shape index (κ3) is 4.03. The summed E-state index contributed by atoms with van der Waals surface area (Å²) >= 11 is 0. The van der Waals surface area contributed by atoms with E-state index in [0.717, 1.165) is 51.0 Å². The van der Waals surface area contributed by atoms with Gasteiger partial charge in [-0.15, -0.1) is 0 Å². The Morgan fingerprint density at radius 3 is 2.54 bits per heavy atom. The topological polar surface area (TPSA) is 75.3 Å². The largest absolute Gasteiger partial charge is 0.396 e. The van der Waals surface area contributed by atoms with Gasteiger partial charge in [0, 0.05) is 25.9 Å². The molecule has 0 unspecified atom stereocenters. The minimum Gasteiger partial charge on any atom is -0.396 e. The highest BCUT2D eigenvalue weighted by Crippen LogP contribution is 2.37. The monoisotopic (exact) mass is 326 g/mol. The number of nitrogens with two attached hydrogens (primary N) is 1. The quantitative estimate of drug-likeness (QED) is 0.853. The Morgan fingerprint density at radius 1 is 1.12 bits per heavy atom. The van der Waals surface area contributed by atoms with E-state index in [-0.39, 0.29) is 12.0 Å². The maximum Gasteiger partial charge on any atom is 0.221 e. The fourth-order valence-corrected chi connectivity index (χ4v) is 3.55. The summed E-state index contributed by atoms with van der Waals surface area (Å²) in [6, 6.07) is 12.5. The SMILES string of the molecule is Nc1nccc(N2CCC(CO)(CCCc3ccccc3)CC2)n1. The van der Waals surface area contributed by atoms with E-state index in [9.17, 15) is 5.11 Å². The zero-order valence-corrected chi connectivity index (χ0v) is 14.1. The van der Waals surface area contributed by atoms with Gasteiger partial charge >= 0.3 is 0 Å². The van der Waals surface area contributed by atoms with Gasteiger partial charge in [-0.2, -0.15) is 4.98 Å². The molecule has 5 heteroatoms. The third-order valence-electron chi connectivity index (χ3n) is 5.16. The van der Waals surface area contributed by atoms with E-state index in [1.807, 2.05) is 12.1 Å². The van der Waals surface area contributed by atoms with E-state index in [1.165, 1.54) is 5.56 Å². The van der Waals surface area contributed by atoms with E-state index < -0.39 is 0 Å². The van der Waals surface area contributed by atoms with Crippen molar-refractivity contribution in [2.24, 2.45) is 5.41 Å². The summed E-state index contributed by atoms with van der Waals surface area (Å²) in [5, 5.41) is 9.98. The second-order valence-corrected chi connectivity index (χ2v) is 6.76. The molecule has 128 valence electrons. The molecule has 1 saturated heterocycles. The summed E-state index contributed by atoms with van der Waals surface area (Å²) in [4.78, 5) is 10.5. The molecule has 3 N–H and O–H groups in total. The van der Waals surface area contributed by atoms with Crippen LogP contribution in [0.25, 0.3) is 0 Å². The average Bonchev–Trinajstić information content (AvgIpc) is 2.63. The molecule has 1 aliphatic heterocycles. The molecule has 5 nitrogen and oxygen atoms in total. The van der Waals surface area contributed by atoms with Crippen molar-refractivity contribution >= 4 is 11.8 Å². The lowest BCUT2D eigenvalue weighted by Crippen LogP contribution is -2.42. The van der Waals surface area contributed by atoms with Crippen LogP contribution < -0.4 is 10.6 Å². The van der Waals surface area contributed by atoms with E-state index >= 15 is 0 Å². The van der Waals surface area contributed by atoms with Gasteiger partial charge in [0.1, 0.15) is 5.82 Å². The maximum absolute atomic E-state index is 9.98. The molecule has 2 aromatic rings. The molecule has 0 amide bonds. The van der Waals surface area contributed by atoms with Crippen molar-refractivity contribution in [3.05, 3.63) is 48.2 Å². The smallest absolute Gasteiger partial charge is 0.221 e. The molecule has 2 heterocycles. The molecule has 1 aromatic heterocycles. The minimum absolute atomic E-state index is 0.0455. The van der Waals surface area contributed by atoms with Gasteiger partial charge in [-0.05, 0) is 49.1 Å². The lowest BCUT2D eigenvalue weighted by Gasteiger charge is -2.41. The van der Waals surface area contributed by atoms with Crippen LogP contribution in [0.5, 0.6) is 0 Å². The standard InChI is InChI=1S/C19H26N4O/c20-18-21-12-8-17(22-18)23-13-10-19(15-24,11-14-23)9-4-7-16-5-2-1-3-6-16/h1-3,5-6,8,12,24H,4,7,9-11,13-15H2,(H2,20,21,22). The molecular weight excluding hydrogens is 300 g/mol. The van der Waals surface area contributed by atoms with Crippen LogP contribution in [-0.2, 0) is 6.42 Å². The number of piperidine rings is 1. The molecule has 0 saturated carbocycles. The van der Waals surface area contributed by atoms with Crippen LogP contribution >= 0.6 is 0 Å². The van der Waals surface area contributed by atoms with Crippen LogP contribution in [0.3, 0.4) is 0 Å². The fourth-order valence-electron chi connectivity index (χ4n) is 3.55. The number of aromatic nitrogens is 2. The number of aliphatic hydroxyl groups is 1. The Kier molecular flexibility index (Phi) is 5.30. The summed E-state index contributed by atoms with van der Waals surface area (Å²) in [5.41, 5.74) is 7.10. The van der Waals surface area contributed by atoms with E-state index in [1.54, 1.807) is 6.20 Å². The molecule has 0 atom stereocenters. The van der Waals surface area contributed by atoms with Crippen molar-refractivity contribution in [2.75, 3.05) is 30.3 Å². The van der Waals surface area contributed by atoms with Crippen molar-refractivity contribution in [1.82, 2.24) is 9.97 Å². The molecule has 0 spiro atoms. The number of hydrogen-bond acceptors (Lipinski definition) is 5. The van der Waals surface area contributed by atoms with Gasteiger partial charge in [-0.3, -0.25) is 0 Å². The fraction of sp³-hybridized carbons (Fsp3) is 0.474. The highest BCUT2D eigenvalue weighted by Gasteiger charge is 2.33. The Morgan fingerprint density at radius 2 is 1.88 bits per heavy atom. The van der Waals surface area contributed by atoms with Crippen LogP contribution in [0.15, 0.2) is 42.6 Å². The van der Waals surface area contributed by atoms with Gasteiger partial charge in [0.2, 0.25) is 5.95 Å². The van der Waals surface area contributed by atoms with Gasteiger partial charge in [-0.25, -0.2) is 4.98 Å². The average molecular weight is 326 g/mol.